The van der Waals surface area contributed by atoms with Crippen LogP contribution in [0, 0.1) is 0 Å². The number of rotatable bonds is 5. The highest BCUT2D eigenvalue weighted by atomic mass is 79.9. The molecule has 1 rings (SSSR count). The predicted octanol–water partition coefficient (Wildman–Crippen LogP) is 1.50. The molecule has 0 saturated carbocycles. The molecule has 0 unspecified atom stereocenters. The molecule has 5 heteroatoms. The quantitative estimate of drug-likeness (QED) is 0.653. The fraction of sp³-hybridized carbons (Fsp3) is 0.600. The van der Waals surface area contributed by atoms with Gasteiger partial charge in [0.25, 0.3) is 5.91 Å². The van der Waals surface area contributed by atoms with Gasteiger partial charge in [-0.2, -0.15) is 5.10 Å². The largest absolute Gasteiger partial charge is 0.351 e. The van der Waals surface area contributed by atoms with Crippen molar-refractivity contribution >= 4 is 21.8 Å². The molecule has 0 bridgehead atoms. The number of amides is 1. The molecule has 1 amide bonds. The van der Waals surface area contributed by atoms with E-state index in [1.165, 1.54) is 0 Å². The molecule has 15 heavy (non-hydrogen) atoms. The summed E-state index contributed by atoms with van der Waals surface area (Å²) >= 11 is 3.32. The lowest BCUT2D eigenvalue weighted by atomic mass is 10.3. The highest BCUT2D eigenvalue weighted by Gasteiger charge is 2.11. The molecule has 1 aromatic heterocycles. The minimum atomic E-state index is -0.0503. The van der Waals surface area contributed by atoms with E-state index in [-0.39, 0.29) is 5.91 Å². The highest BCUT2D eigenvalue weighted by molar-refractivity contribution is 9.09. The van der Waals surface area contributed by atoms with Gasteiger partial charge in [-0.1, -0.05) is 22.9 Å². The van der Waals surface area contributed by atoms with Crippen LogP contribution in [0.3, 0.4) is 0 Å². The van der Waals surface area contributed by atoms with E-state index in [1.54, 1.807) is 11.7 Å². The van der Waals surface area contributed by atoms with Crippen LogP contribution in [-0.4, -0.2) is 27.6 Å². The Kier molecular flexibility index (Phi) is 4.81. The zero-order valence-corrected chi connectivity index (χ0v) is 10.7. The summed E-state index contributed by atoms with van der Waals surface area (Å²) in [4.78, 5) is 11.7. The van der Waals surface area contributed by atoms with Gasteiger partial charge in [-0.15, -0.1) is 0 Å². The number of nitrogens with zero attached hydrogens (tertiary/aromatic N) is 2. The molecular weight excluding hydrogens is 258 g/mol. The molecule has 0 atom stereocenters. The second kappa shape index (κ2) is 5.90. The summed E-state index contributed by atoms with van der Waals surface area (Å²) in [5, 5.41) is 7.98. The first kappa shape index (κ1) is 12.2. The lowest BCUT2D eigenvalue weighted by molar-refractivity contribution is 0.0944. The smallest absolute Gasteiger partial charge is 0.269 e. The van der Waals surface area contributed by atoms with Gasteiger partial charge in [0.05, 0.1) is 5.69 Å². The number of alkyl halides is 1. The number of hydrogen-bond donors (Lipinski definition) is 1. The van der Waals surface area contributed by atoms with E-state index in [4.69, 9.17) is 0 Å². The highest BCUT2D eigenvalue weighted by Crippen LogP contribution is 2.03. The molecule has 1 aromatic rings. The Hall–Kier alpha value is -0.840. The van der Waals surface area contributed by atoms with E-state index in [2.05, 4.69) is 26.3 Å². The number of nitrogens with one attached hydrogen (secondary N) is 1. The Morgan fingerprint density at radius 3 is 2.93 bits per heavy atom. The van der Waals surface area contributed by atoms with Gasteiger partial charge < -0.3 is 5.32 Å². The SMILES string of the molecule is CCc1cc(C(=O)NCCCBr)n(C)n1. The summed E-state index contributed by atoms with van der Waals surface area (Å²) in [6, 6.07) is 1.84. The third-order valence-electron chi connectivity index (χ3n) is 2.12. The van der Waals surface area contributed by atoms with Crippen molar-refractivity contribution < 1.29 is 4.79 Å². The Morgan fingerprint density at radius 2 is 2.40 bits per heavy atom. The van der Waals surface area contributed by atoms with Crippen LogP contribution in [0.5, 0.6) is 0 Å². The predicted molar refractivity (Wildman–Crippen MR) is 63.3 cm³/mol. The molecule has 0 aromatic carbocycles. The average Bonchev–Trinajstić information content (AvgIpc) is 2.60. The van der Waals surface area contributed by atoms with Crippen LogP contribution in [0.25, 0.3) is 0 Å². The number of hydrogen-bond acceptors (Lipinski definition) is 2. The molecule has 0 spiro atoms. The van der Waals surface area contributed by atoms with Crippen LogP contribution < -0.4 is 5.32 Å². The second-order valence-corrected chi connectivity index (χ2v) is 4.09. The summed E-state index contributed by atoms with van der Waals surface area (Å²) in [6.45, 7) is 2.71. The fourth-order valence-corrected chi connectivity index (χ4v) is 1.55. The van der Waals surface area contributed by atoms with Gasteiger partial charge in [0, 0.05) is 18.9 Å². The number of carbonyl (C=O) groups is 1. The Morgan fingerprint density at radius 1 is 1.67 bits per heavy atom. The monoisotopic (exact) mass is 273 g/mol. The third-order valence-corrected chi connectivity index (χ3v) is 2.68. The molecule has 0 saturated heterocycles. The number of halogens is 1. The van der Waals surface area contributed by atoms with Crippen molar-refractivity contribution in [3.05, 3.63) is 17.5 Å². The molecule has 0 fully saturated rings. The van der Waals surface area contributed by atoms with Crippen LogP contribution >= 0.6 is 15.9 Å². The lowest BCUT2D eigenvalue weighted by Gasteiger charge is -2.03. The topological polar surface area (TPSA) is 46.9 Å². The summed E-state index contributed by atoms with van der Waals surface area (Å²) in [7, 11) is 1.79. The second-order valence-electron chi connectivity index (χ2n) is 3.30. The van der Waals surface area contributed by atoms with Crippen LogP contribution in [0.1, 0.15) is 29.5 Å². The van der Waals surface area contributed by atoms with Crippen molar-refractivity contribution in [3.63, 3.8) is 0 Å². The maximum absolute atomic E-state index is 11.7. The molecule has 1 heterocycles. The minimum Gasteiger partial charge on any atom is -0.351 e. The maximum atomic E-state index is 11.7. The van der Waals surface area contributed by atoms with E-state index in [1.807, 2.05) is 13.0 Å². The maximum Gasteiger partial charge on any atom is 0.269 e. The zero-order valence-electron chi connectivity index (χ0n) is 9.09. The van der Waals surface area contributed by atoms with E-state index in [9.17, 15) is 4.79 Å². The van der Waals surface area contributed by atoms with E-state index < -0.39 is 0 Å². The van der Waals surface area contributed by atoms with Gasteiger partial charge in [-0.25, -0.2) is 0 Å². The minimum absolute atomic E-state index is 0.0503. The van der Waals surface area contributed by atoms with Gasteiger partial charge in [0.2, 0.25) is 0 Å². The van der Waals surface area contributed by atoms with Gasteiger partial charge in [0.15, 0.2) is 0 Å². The molecule has 0 aliphatic heterocycles. The zero-order chi connectivity index (χ0) is 11.3. The standard InChI is InChI=1S/C10H16BrN3O/c1-3-8-7-9(14(2)13-8)10(15)12-6-4-5-11/h7H,3-6H2,1-2H3,(H,12,15). The first-order chi connectivity index (χ1) is 7.19. The number of aromatic nitrogens is 2. The van der Waals surface area contributed by atoms with Crippen LogP contribution in [-0.2, 0) is 13.5 Å². The van der Waals surface area contributed by atoms with Crippen LogP contribution in [0.2, 0.25) is 0 Å². The van der Waals surface area contributed by atoms with Crippen LogP contribution in [0.15, 0.2) is 6.07 Å². The third kappa shape index (κ3) is 3.34. The molecule has 1 N–H and O–H groups in total. The van der Waals surface area contributed by atoms with E-state index >= 15 is 0 Å². The van der Waals surface area contributed by atoms with Crippen molar-refractivity contribution in [3.8, 4) is 0 Å². The Balaban J connectivity index is 2.60. The van der Waals surface area contributed by atoms with E-state index in [0.29, 0.717) is 12.2 Å². The van der Waals surface area contributed by atoms with Gasteiger partial charge >= 0.3 is 0 Å². The number of aryl methyl sites for hydroxylation is 2. The Bertz CT molecular complexity index is 335. The first-order valence-electron chi connectivity index (χ1n) is 5.06. The van der Waals surface area contributed by atoms with Crippen molar-refractivity contribution in [1.29, 1.82) is 0 Å². The summed E-state index contributed by atoms with van der Waals surface area (Å²) < 4.78 is 1.63. The van der Waals surface area contributed by atoms with Gasteiger partial charge in [-0.05, 0) is 18.9 Å². The number of carbonyl (C=O) groups excluding carboxylic acids is 1. The van der Waals surface area contributed by atoms with Crippen molar-refractivity contribution in [1.82, 2.24) is 15.1 Å². The molecule has 0 radical (unpaired) electrons. The van der Waals surface area contributed by atoms with Crippen molar-refractivity contribution in [2.24, 2.45) is 7.05 Å². The van der Waals surface area contributed by atoms with Gasteiger partial charge in [0.1, 0.15) is 5.69 Å². The van der Waals surface area contributed by atoms with Gasteiger partial charge in [-0.3, -0.25) is 9.48 Å². The Labute approximate surface area is 98.2 Å². The summed E-state index contributed by atoms with van der Waals surface area (Å²) in [5.74, 6) is -0.0503. The molecule has 4 nitrogen and oxygen atoms in total. The van der Waals surface area contributed by atoms with Crippen LogP contribution in [0.4, 0.5) is 0 Å². The normalized spacial score (nSPS) is 10.3. The average molecular weight is 274 g/mol. The molecule has 84 valence electrons. The molecule has 0 aliphatic rings. The molecule has 0 aliphatic carbocycles. The molecular formula is C10H16BrN3O. The lowest BCUT2D eigenvalue weighted by Crippen LogP contribution is -2.26. The fourth-order valence-electron chi connectivity index (χ4n) is 1.27. The summed E-state index contributed by atoms with van der Waals surface area (Å²) in [6.07, 6.45) is 1.78. The van der Waals surface area contributed by atoms with E-state index in [0.717, 1.165) is 23.9 Å². The van der Waals surface area contributed by atoms with Crippen molar-refractivity contribution in [2.45, 2.75) is 19.8 Å². The first-order valence-corrected chi connectivity index (χ1v) is 6.18. The summed E-state index contributed by atoms with van der Waals surface area (Å²) in [5.41, 5.74) is 1.57. The van der Waals surface area contributed by atoms with Crippen molar-refractivity contribution in [2.75, 3.05) is 11.9 Å².